The molecule has 0 unspecified atom stereocenters. The normalized spacial score (nSPS) is 16.3. The number of nitrogens with zero attached hydrogens (tertiary/aromatic N) is 2. The van der Waals surface area contributed by atoms with Crippen molar-refractivity contribution in [1.29, 1.82) is 0 Å². The van der Waals surface area contributed by atoms with Gasteiger partial charge in [-0.2, -0.15) is 4.31 Å². The lowest BCUT2D eigenvalue weighted by atomic mass is 10.4. The number of hydrogen-bond donors (Lipinski definition) is 0. The zero-order chi connectivity index (χ0) is 16.2. The highest BCUT2D eigenvalue weighted by molar-refractivity contribution is 7.89. The van der Waals surface area contributed by atoms with Gasteiger partial charge in [0.2, 0.25) is 5.09 Å². The van der Waals surface area contributed by atoms with Crippen molar-refractivity contribution in [2.24, 2.45) is 0 Å². The number of likely N-dealkylation sites (N-methyl/N-ethyl adjacent to an activating group) is 1. The number of esters is 1. The van der Waals surface area contributed by atoms with Crippen molar-refractivity contribution in [2.75, 3.05) is 33.3 Å². The molecule has 8 heteroatoms. The fourth-order valence-corrected chi connectivity index (χ4v) is 3.83. The Balaban J connectivity index is 1.97. The average molecular weight is 330 g/mol. The van der Waals surface area contributed by atoms with Gasteiger partial charge in [0.25, 0.3) is 10.0 Å². The van der Waals surface area contributed by atoms with Gasteiger partial charge in [-0.3, -0.25) is 9.69 Å². The number of furan rings is 1. The van der Waals surface area contributed by atoms with E-state index >= 15 is 0 Å². The summed E-state index contributed by atoms with van der Waals surface area (Å²) in [7, 11) is -1.78. The number of carbonyl (C=O) groups is 1. The van der Waals surface area contributed by atoms with Gasteiger partial charge >= 0.3 is 5.97 Å². The SMILES string of the molecule is CCOC(=O)CN(C)Cc1ccc(S(=O)(=O)N2CCCC2)o1. The first-order valence-corrected chi connectivity index (χ1v) is 8.80. The Morgan fingerprint density at radius 2 is 2.05 bits per heavy atom. The quantitative estimate of drug-likeness (QED) is 0.696. The van der Waals surface area contributed by atoms with Crippen LogP contribution < -0.4 is 0 Å². The van der Waals surface area contributed by atoms with E-state index in [0.717, 1.165) is 12.8 Å². The number of sulfonamides is 1. The second kappa shape index (κ2) is 7.26. The smallest absolute Gasteiger partial charge is 0.320 e. The first-order valence-electron chi connectivity index (χ1n) is 7.36. The molecule has 0 spiro atoms. The molecule has 0 atom stereocenters. The van der Waals surface area contributed by atoms with Gasteiger partial charge < -0.3 is 9.15 Å². The highest BCUT2D eigenvalue weighted by Gasteiger charge is 2.30. The molecular formula is C14H22N2O5S. The predicted octanol–water partition coefficient (Wildman–Crippen LogP) is 1.06. The van der Waals surface area contributed by atoms with Crippen molar-refractivity contribution in [2.45, 2.75) is 31.4 Å². The van der Waals surface area contributed by atoms with Crippen LogP contribution in [0.4, 0.5) is 0 Å². The largest absolute Gasteiger partial charge is 0.465 e. The van der Waals surface area contributed by atoms with E-state index in [2.05, 4.69) is 0 Å². The van der Waals surface area contributed by atoms with Gasteiger partial charge in [0.05, 0.1) is 19.7 Å². The minimum absolute atomic E-state index is 0.0334. The molecular weight excluding hydrogens is 308 g/mol. The van der Waals surface area contributed by atoms with Crippen molar-refractivity contribution < 1.29 is 22.4 Å². The van der Waals surface area contributed by atoms with Gasteiger partial charge in [-0.05, 0) is 38.9 Å². The van der Waals surface area contributed by atoms with Gasteiger partial charge in [-0.1, -0.05) is 0 Å². The Morgan fingerprint density at radius 1 is 1.36 bits per heavy atom. The van der Waals surface area contributed by atoms with Gasteiger partial charge in [-0.15, -0.1) is 0 Å². The summed E-state index contributed by atoms with van der Waals surface area (Å²) >= 11 is 0. The van der Waals surface area contributed by atoms with E-state index in [9.17, 15) is 13.2 Å². The Labute approximate surface area is 130 Å². The van der Waals surface area contributed by atoms with E-state index in [4.69, 9.17) is 9.15 Å². The summed E-state index contributed by atoms with van der Waals surface area (Å²) in [5.74, 6) is 0.186. The third-order valence-electron chi connectivity index (χ3n) is 3.43. The topological polar surface area (TPSA) is 80.1 Å². The van der Waals surface area contributed by atoms with E-state index in [0.29, 0.717) is 32.0 Å². The molecule has 1 fully saturated rings. The standard InChI is InChI=1S/C14H22N2O5S/c1-3-20-13(17)11-15(2)10-12-6-7-14(21-12)22(18,19)16-8-4-5-9-16/h6-7H,3-5,8-11H2,1-2H3. The van der Waals surface area contributed by atoms with Gasteiger partial charge in [0, 0.05) is 13.1 Å². The summed E-state index contributed by atoms with van der Waals surface area (Å²) in [5, 5.41) is -0.0334. The van der Waals surface area contributed by atoms with Gasteiger partial charge in [0.15, 0.2) is 0 Å². The van der Waals surface area contributed by atoms with Crippen LogP contribution in [-0.2, 0) is 26.1 Å². The van der Waals surface area contributed by atoms with Crippen LogP contribution in [0.3, 0.4) is 0 Å². The van der Waals surface area contributed by atoms with E-state index in [1.807, 2.05) is 0 Å². The third-order valence-corrected chi connectivity index (χ3v) is 5.20. The first-order chi connectivity index (χ1) is 10.4. The maximum atomic E-state index is 12.3. The molecule has 1 aromatic rings. The second-order valence-corrected chi connectivity index (χ2v) is 7.18. The molecule has 1 aliphatic heterocycles. The van der Waals surface area contributed by atoms with Gasteiger partial charge in [0.1, 0.15) is 5.76 Å². The van der Waals surface area contributed by atoms with Crippen LogP contribution in [0.15, 0.2) is 21.6 Å². The third kappa shape index (κ3) is 4.08. The maximum absolute atomic E-state index is 12.3. The minimum Gasteiger partial charge on any atom is -0.465 e. The van der Waals surface area contributed by atoms with Gasteiger partial charge in [-0.25, -0.2) is 8.42 Å². The molecule has 7 nitrogen and oxygen atoms in total. The lowest BCUT2D eigenvalue weighted by Gasteiger charge is -2.14. The van der Waals surface area contributed by atoms with Crippen molar-refractivity contribution in [1.82, 2.24) is 9.21 Å². The predicted molar refractivity (Wildman–Crippen MR) is 79.7 cm³/mol. The average Bonchev–Trinajstić information content (AvgIpc) is 3.09. The highest BCUT2D eigenvalue weighted by atomic mass is 32.2. The van der Waals surface area contributed by atoms with Crippen LogP contribution in [0.1, 0.15) is 25.5 Å². The number of hydrogen-bond acceptors (Lipinski definition) is 6. The van der Waals surface area contributed by atoms with Crippen molar-refractivity contribution in [3.8, 4) is 0 Å². The molecule has 0 radical (unpaired) electrons. The minimum atomic E-state index is -3.53. The summed E-state index contributed by atoms with van der Waals surface area (Å²) < 4.78 is 36.4. The fraction of sp³-hybridized carbons (Fsp3) is 0.643. The molecule has 1 aliphatic rings. The van der Waals surface area contributed by atoms with Crippen LogP contribution in [-0.4, -0.2) is 56.9 Å². The molecule has 0 saturated carbocycles. The molecule has 0 amide bonds. The first kappa shape index (κ1) is 17.0. The number of ether oxygens (including phenoxy) is 1. The lowest BCUT2D eigenvalue weighted by molar-refractivity contribution is -0.144. The van der Waals surface area contributed by atoms with Crippen LogP contribution >= 0.6 is 0 Å². The summed E-state index contributed by atoms with van der Waals surface area (Å²) in [6.07, 6.45) is 1.77. The summed E-state index contributed by atoms with van der Waals surface area (Å²) in [4.78, 5) is 13.1. The van der Waals surface area contributed by atoms with E-state index < -0.39 is 10.0 Å². The molecule has 1 saturated heterocycles. The lowest BCUT2D eigenvalue weighted by Crippen LogP contribution is -2.27. The molecule has 2 rings (SSSR count). The van der Waals surface area contributed by atoms with Crippen LogP contribution in [0.2, 0.25) is 0 Å². The van der Waals surface area contributed by atoms with Crippen LogP contribution in [0.5, 0.6) is 0 Å². The molecule has 2 heterocycles. The number of carbonyl (C=O) groups excluding carboxylic acids is 1. The van der Waals surface area contributed by atoms with Crippen molar-refractivity contribution >= 4 is 16.0 Å². The maximum Gasteiger partial charge on any atom is 0.320 e. The molecule has 22 heavy (non-hydrogen) atoms. The molecule has 0 N–H and O–H groups in total. The molecule has 0 bridgehead atoms. The Bertz CT molecular complexity index is 605. The van der Waals surface area contributed by atoms with Crippen LogP contribution in [0.25, 0.3) is 0 Å². The highest BCUT2D eigenvalue weighted by Crippen LogP contribution is 2.23. The van der Waals surface area contributed by atoms with Crippen molar-refractivity contribution in [3.63, 3.8) is 0 Å². The number of rotatable bonds is 7. The molecule has 0 aliphatic carbocycles. The summed E-state index contributed by atoms with van der Waals surface area (Å²) in [6.45, 7) is 3.64. The zero-order valence-corrected chi connectivity index (χ0v) is 13.8. The summed E-state index contributed by atoms with van der Waals surface area (Å²) in [5.41, 5.74) is 0. The molecule has 0 aromatic carbocycles. The zero-order valence-electron chi connectivity index (χ0n) is 12.9. The molecule has 1 aromatic heterocycles. The Morgan fingerprint density at radius 3 is 2.68 bits per heavy atom. The molecule has 124 valence electrons. The second-order valence-electron chi connectivity index (χ2n) is 5.31. The van der Waals surface area contributed by atoms with E-state index in [-0.39, 0.29) is 17.6 Å². The Kier molecular flexibility index (Phi) is 5.60. The van der Waals surface area contributed by atoms with E-state index in [1.165, 1.54) is 10.4 Å². The monoisotopic (exact) mass is 330 g/mol. The summed E-state index contributed by atoms with van der Waals surface area (Å²) in [6, 6.07) is 3.10. The Hall–Kier alpha value is -1.38. The fourth-order valence-electron chi connectivity index (χ4n) is 2.39. The van der Waals surface area contributed by atoms with Crippen molar-refractivity contribution in [3.05, 3.63) is 17.9 Å². The van der Waals surface area contributed by atoms with Crippen LogP contribution in [0, 0.1) is 0 Å². The van der Waals surface area contributed by atoms with E-state index in [1.54, 1.807) is 24.9 Å².